The average molecular weight is 172 g/mol. The van der Waals surface area contributed by atoms with Gasteiger partial charge in [-0.05, 0) is 4.92 Å². The van der Waals surface area contributed by atoms with E-state index in [0.29, 0.717) is 0 Å². The summed E-state index contributed by atoms with van der Waals surface area (Å²) in [5, 5.41) is 10.0. The predicted molar refractivity (Wildman–Crippen MR) is 35.5 cm³/mol. The molecule has 64 valence electrons. The molecule has 1 aromatic rings. The van der Waals surface area contributed by atoms with Crippen LogP contribution in [-0.4, -0.2) is 21.0 Å². The molecule has 1 rings (SSSR count). The number of primary amides is 1. The third kappa shape index (κ3) is 1.68. The first-order valence-electron chi connectivity index (χ1n) is 2.76. The highest BCUT2D eigenvalue weighted by Gasteiger charge is 2.12. The minimum absolute atomic E-state index is 0.158. The number of hydrogen-bond acceptors (Lipinski definition) is 5. The second-order valence-electron chi connectivity index (χ2n) is 1.75. The van der Waals surface area contributed by atoms with Gasteiger partial charge in [-0.3, -0.25) is 0 Å². The third-order valence-electron chi connectivity index (χ3n) is 0.923. The number of aromatic amines is 1. The third-order valence-corrected chi connectivity index (χ3v) is 0.923. The van der Waals surface area contributed by atoms with E-state index >= 15 is 0 Å². The summed E-state index contributed by atoms with van der Waals surface area (Å²) in [4.78, 5) is 24.8. The Morgan fingerprint density at radius 3 is 2.92 bits per heavy atom. The molecular weight excluding hydrogens is 168 g/mol. The molecule has 8 heteroatoms. The molecule has 0 aliphatic heterocycles. The molecular formula is C4H4N4O4. The van der Waals surface area contributed by atoms with E-state index < -0.39 is 17.0 Å². The molecule has 0 bridgehead atoms. The monoisotopic (exact) mass is 172 g/mol. The number of amides is 1. The van der Waals surface area contributed by atoms with Gasteiger partial charge in [-0.15, -0.1) is 0 Å². The summed E-state index contributed by atoms with van der Waals surface area (Å²) in [6.45, 7) is 0. The van der Waals surface area contributed by atoms with Gasteiger partial charge in [0.25, 0.3) is 0 Å². The lowest BCUT2D eigenvalue weighted by Gasteiger charge is -1.90. The molecule has 0 saturated heterocycles. The normalized spacial score (nSPS) is 9.33. The molecule has 0 fully saturated rings. The first-order chi connectivity index (χ1) is 5.59. The zero-order chi connectivity index (χ0) is 9.14. The highest BCUT2D eigenvalue weighted by molar-refractivity contribution is 5.67. The van der Waals surface area contributed by atoms with E-state index in [1.807, 2.05) is 0 Å². The lowest BCUT2D eigenvalue weighted by Crippen LogP contribution is -2.16. The van der Waals surface area contributed by atoms with E-state index in [1.54, 1.807) is 0 Å². The molecule has 0 aliphatic rings. The predicted octanol–water partition coefficient (Wildman–Crippen LogP) is -0.225. The first kappa shape index (κ1) is 7.98. The molecule has 0 spiro atoms. The Labute approximate surface area is 65.5 Å². The second-order valence-corrected chi connectivity index (χ2v) is 1.75. The standard InChI is InChI=1S/C4H4N4O4/c5-3(9)12-2-1-6-4(7-2)8(10)11/h1H,(H2,5,9)(H,6,7). The summed E-state index contributed by atoms with van der Waals surface area (Å²) < 4.78 is 4.26. The van der Waals surface area contributed by atoms with Crippen LogP contribution >= 0.6 is 0 Å². The van der Waals surface area contributed by atoms with Crippen molar-refractivity contribution in [3.63, 3.8) is 0 Å². The van der Waals surface area contributed by atoms with E-state index in [2.05, 4.69) is 20.4 Å². The molecule has 0 unspecified atom stereocenters. The number of hydrogen-bond donors (Lipinski definition) is 2. The Balaban J connectivity index is 2.77. The maximum Gasteiger partial charge on any atom is 0.435 e. The minimum atomic E-state index is -1.06. The Bertz CT molecular complexity index is 319. The van der Waals surface area contributed by atoms with Crippen molar-refractivity contribution < 1.29 is 14.5 Å². The number of nitrogens with zero attached hydrogens (tertiary/aromatic N) is 2. The van der Waals surface area contributed by atoms with Crippen LogP contribution in [0.3, 0.4) is 0 Å². The molecule has 0 atom stereocenters. The average Bonchev–Trinajstić information content (AvgIpc) is 2.34. The molecule has 12 heavy (non-hydrogen) atoms. The van der Waals surface area contributed by atoms with Gasteiger partial charge in [-0.2, -0.15) is 0 Å². The number of nitrogens with one attached hydrogen (secondary N) is 1. The number of nitrogens with two attached hydrogens (primary N) is 1. The van der Waals surface area contributed by atoms with Crippen LogP contribution in [0.15, 0.2) is 6.20 Å². The van der Waals surface area contributed by atoms with E-state index in [9.17, 15) is 14.9 Å². The summed E-state index contributed by atoms with van der Waals surface area (Å²) in [7, 11) is 0. The summed E-state index contributed by atoms with van der Waals surface area (Å²) in [6.07, 6.45) is -0.0725. The van der Waals surface area contributed by atoms with Crippen molar-refractivity contribution in [1.82, 2.24) is 9.97 Å². The van der Waals surface area contributed by atoms with Gasteiger partial charge < -0.3 is 20.6 Å². The van der Waals surface area contributed by atoms with E-state index in [4.69, 9.17) is 0 Å². The van der Waals surface area contributed by atoms with Crippen LogP contribution in [0.5, 0.6) is 5.88 Å². The van der Waals surface area contributed by atoms with Gasteiger partial charge in [-0.1, -0.05) is 4.98 Å². The maximum atomic E-state index is 10.1. The van der Waals surface area contributed by atoms with Crippen molar-refractivity contribution in [2.75, 3.05) is 0 Å². The van der Waals surface area contributed by atoms with Gasteiger partial charge in [0.15, 0.2) is 6.20 Å². The fraction of sp³-hybridized carbons (Fsp3) is 0. The number of carbonyl (C=O) groups excluding carboxylic acids is 1. The number of imidazole rings is 1. The van der Waals surface area contributed by atoms with E-state index in [-0.39, 0.29) is 5.88 Å². The number of nitro groups is 1. The second kappa shape index (κ2) is 2.86. The molecule has 1 amide bonds. The summed E-state index contributed by atoms with van der Waals surface area (Å²) in [5.74, 6) is -0.666. The summed E-state index contributed by atoms with van der Waals surface area (Å²) >= 11 is 0. The molecule has 1 aromatic heterocycles. The Kier molecular flexibility index (Phi) is 1.90. The molecule has 0 aromatic carbocycles. The van der Waals surface area contributed by atoms with Gasteiger partial charge in [0.05, 0.1) is 0 Å². The first-order valence-corrected chi connectivity index (χ1v) is 2.76. The molecule has 3 N–H and O–H groups in total. The van der Waals surface area contributed by atoms with Crippen LogP contribution in [0, 0.1) is 10.1 Å². The molecule has 1 heterocycles. The molecule has 0 aliphatic carbocycles. The van der Waals surface area contributed by atoms with Crippen LogP contribution in [0.2, 0.25) is 0 Å². The number of H-pyrrole nitrogens is 1. The quantitative estimate of drug-likeness (QED) is 0.471. The summed E-state index contributed by atoms with van der Waals surface area (Å²) in [5.41, 5.74) is 4.63. The van der Waals surface area contributed by atoms with Crippen LogP contribution in [-0.2, 0) is 0 Å². The Morgan fingerprint density at radius 2 is 2.50 bits per heavy atom. The van der Waals surface area contributed by atoms with Crippen molar-refractivity contribution >= 4 is 12.0 Å². The van der Waals surface area contributed by atoms with Crippen molar-refractivity contribution in [2.24, 2.45) is 5.73 Å². The van der Waals surface area contributed by atoms with Crippen molar-refractivity contribution in [3.05, 3.63) is 16.3 Å². The lowest BCUT2D eigenvalue weighted by molar-refractivity contribution is -0.393. The minimum Gasteiger partial charge on any atom is -0.390 e. The van der Waals surface area contributed by atoms with Crippen LogP contribution < -0.4 is 10.5 Å². The Morgan fingerprint density at radius 1 is 1.83 bits per heavy atom. The topological polar surface area (TPSA) is 124 Å². The largest absolute Gasteiger partial charge is 0.435 e. The van der Waals surface area contributed by atoms with Crippen molar-refractivity contribution in [2.45, 2.75) is 0 Å². The number of ether oxygens (including phenoxy) is 1. The van der Waals surface area contributed by atoms with Gasteiger partial charge in [-0.25, -0.2) is 9.78 Å². The smallest absolute Gasteiger partial charge is 0.390 e. The zero-order valence-electron chi connectivity index (χ0n) is 5.68. The maximum absolute atomic E-state index is 10.1. The fourth-order valence-corrected chi connectivity index (χ4v) is 0.548. The SMILES string of the molecule is NC(=O)Oc1cnc([N+](=O)[O-])[nH]1. The molecule has 8 nitrogen and oxygen atoms in total. The molecule has 0 radical (unpaired) electrons. The van der Waals surface area contributed by atoms with Gasteiger partial charge >= 0.3 is 17.9 Å². The number of carbonyl (C=O) groups is 1. The zero-order valence-corrected chi connectivity index (χ0v) is 5.68. The molecule has 0 saturated carbocycles. The van der Waals surface area contributed by atoms with Gasteiger partial charge in [0, 0.05) is 0 Å². The van der Waals surface area contributed by atoms with Crippen LogP contribution in [0.4, 0.5) is 10.7 Å². The summed E-state index contributed by atoms with van der Waals surface area (Å²) in [6, 6.07) is 0. The number of aromatic nitrogens is 2. The number of rotatable bonds is 2. The fourth-order valence-electron chi connectivity index (χ4n) is 0.548. The lowest BCUT2D eigenvalue weighted by atomic mass is 10.8. The van der Waals surface area contributed by atoms with E-state index in [1.165, 1.54) is 0 Å². The van der Waals surface area contributed by atoms with Crippen LogP contribution in [0.1, 0.15) is 0 Å². The Hall–Kier alpha value is -2.12. The van der Waals surface area contributed by atoms with Crippen molar-refractivity contribution in [3.8, 4) is 5.88 Å². The van der Waals surface area contributed by atoms with Crippen molar-refractivity contribution in [1.29, 1.82) is 0 Å². The highest BCUT2D eigenvalue weighted by atomic mass is 16.6. The van der Waals surface area contributed by atoms with Gasteiger partial charge in [0.2, 0.25) is 0 Å². The van der Waals surface area contributed by atoms with E-state index in [0.717, 1.165) is 6.20 Å². The van der Waals surface area contributed by atoms with Crippen LogP contribution in [0.25, 0.3) is 0 Å². The highest BCUT2D eigenvalue weighted by Crippen LogP contribution is 2.11. The van der Waals surface area contributed by atoms with Gasteiger partial charge in [0.1, 0.15) is 0 Å².